The van der Waals surface area contributed by atoms with Crippen molar-refractivity contribution in [1.29, 1.82) is 0 Å². The average Bonchev–Trinajstić information content (AvgIpc) is 2.86. The highest BCUT2D eigenvalue weighted by Gasteiger charge is 2.35. The summed E-state index contributed by atoms with van der Waals surface area (Å²) >= 11 is 1.78. The predicted molar refractivity (Wildman–Crippen MR) is 78.6 cm³/mol. The van der Waals surface area contributed by atoms with E-state index in [1.165, 1.54) is 15.4 Å². The first-order valence-corrected chi connectivity index (χ1v) is 7.89. The SMILES string of the molecule is CCC1NCC(=O)N(CC2Cc3ccccc3S2)C1=O. The Bertz CT molecular complexity index is 521. The molecule has 106 valence electrons. The molecule has 0 saturated carbocycles. The molecule has 5 heteroatoms. The number of fused-ring (bicyclic) bond motifs is 1. The molecule has 1 N–H and O–H groups in total. The first-order chi connectivity index (χ1) is 9.69. The molecule has 1 saturated heterocycles. The van der Waals surface area contributed by atoms with Crippen LogP contribution in [0, 0.1) is 0 Å². The quantitative estimate of drug-likeness (QED) is 0.856. The summed E-state index contributed by atoms with van der Waals surface area (Å²) in [6.45, 7) is 2.76. The van der Waals surface area contributed by atoms with Crippen LogP contribution in [0.1, 0.15) is 18.9 Å². The van der Waals surface area contributed by atoms with E-state index in [1.807, 2.05) is 19.1 Å². The summed E-state index contributed by atoms with van der Waals surface area (Å²) < 4.78 is 0. The van der Waals surface area contributed by atoms with E-state index < -0.39 is 0 Å². The number of hydrogen-bond acceptors (Lipinski definition) is 4. The fourth-order valence-corrected chi connectivity index (χ4v) is 4.08. The summed E-state index contributed by atoms with van der Waals surface area (Å²) in [7, 11) is 0. The van der Waals surface area contributed by atoms with Gasteiger partial charge in [-0.2, -0.15) is 0 Å². The van der Waals surface area contributed by atoms with Crippen LogP contribution in [0.2, 0.25) is 0 Å². The van der Waals surface area contributed by atoms with Gasteiger partial charge in [0.25, 0.3) is 0 Å². The topological polar surface area (TPSA) is 49.4 Å². The minimum atomic E-state index is -0.207. The van der Waals surface area contributed by atoms with Crippen LogP contribution in [0.5, 0.6) is 0 Å². The van der Waals surface area contributed by atoms with Crippen molar-refractivity contribution >= 4 is 23.6 Å². The van der Waals surface area contributed by atoms with Gasteiger partial charge in [0.2, 0.25) is 11.8 Å². The van der Waals surface area contributed by atoms with E-state index in [0.29, 0.717) is 6.54 Å². The summed E-state index contributed by atoms with van der Waals surface area (Å²) in [4.78, 5) is 27.0. The lowest BCUT2D eigenvalue weighted by atomic mass is 10.1. The number of carbonyl (C=O) groups is 2. The molecule has 1 fully saturated rings. The summed E-state index contributed by atoms with van der Waals surface area (Å²) in [5.74, 6) is -0.170. The molecule has 2 aliphatic rings. The van der Waals surface area contributed by atoms with Crippen molar-refractivity contribution in [3.05, 3.63) is 29.8 Å². The van der Waals surface area contributed by atoms with E-state index in [9.17, 15) is 9.59 Å². The smallest absolute Gasteiger partial charge is 0.246 e. The van der Waals surface area contributed by atoms with Gasteiger partial charge in [-0.1, -0.05) is 25.1 Å². The maximum absolute atomic E-state index is 12.3. The number of amides is 2. The minimum Gasteiger partial charge on any atom is -0.297 e. The number of nitrogens with one attached hydrogen (secondary N) is 1. The van der Waals surface area contributed by atoms with Crippen LogP contribution in [0.15, 0.2) is 29.2 Å². The third-order valence-electron chi connectivity index (χ3n) is 3.87. The summed E-state index contributed by atoms with van der Waals surface area (Å²) in [5, 5.41) is 3.28. The van der Waals surface area contributed by atoms with Gasteiger partial charge in [0, 0.05) is 16.7 Å². The monoisotopic (exact) mass is 290 g/mol. The van der Waals surface area contributed by atoms with Crippen molar-refractivity contribution in [3.8, 4) is 0 Å². The molecule has 2 amide bonds. The molecule has 2 heterocycles. The van der Waals surface area contributed by atoms with Crippen LogP contribution in [-0.2, 0) is 16.0 Å². The molecule has 2 aliphatic heterocycles. The molecule has 2 unspecified atom stereocenters. The van der Waals surface area contributed by atoms with E-state index in [2.05, 4.69) is 17.4 Å². The molecule has 4 nitrogen and oxygen atoms in total. The van der Waals surface area contributed by atoms with Crippen LogP contribution < -0.4 is 5.32 Å². The van der Waals surface area contributed by atoms with E-state index in [1.54, 1.807) is 11.8 Å². The van der Waals surface area contributed by atoms with Gasteiger partial charge < -0.3 is 0 Å². The Morgan fingerprint density at radius 1 is 1.35 bits per heavy atom. The number of piperazine rings is 1. The van der Waals surface area contributed by atoms with Crippen molar-refractivity contribution in [2.45, 2.75) is 36.0 Å². The molecule has 0 spiro atoms. The van der Waals surface area contributed by atoms with E-state index in [4.69, 9.17) is 0 Å². The molecular weight excluding hydrogens is 272 g/mol. The Labute approximate surface area is 122 Å². The summed E-state index contributed by atoms with van der Waals surface area (Å²) in [6.07, 6.45) is 1.66. The normalized spacial score (nSPS) is 25.9. The van der Waals surface area contributed by atoms with E-state index >= 15 is 0 Å². The first kappa shape index (κ1) is 13.6. The fraction of sp³-hybridized carbons (Fsp3) is 0.467. The maximum Gasteiger partial charge on any atom is 0.246 e. The summed E-state index contributed by atoms with van der Waals surface area (Å²) in [5.41, 5.74) is 1.32. The Hall–Kier alpha value is -1.33. The maximum atomic E-state index is 12.3. The second kappa shape index (κ2) is 5.58. The van der Waals surface area contributed by atoms with Gasteiger partial charge in [-0.25, -0.2) is 0 Å². The average molecular weight is 290 g/mol. The van der Waals surface area contributed by atoms with Crippen LogP contribution in [0.3, 0.4) is 0 Å². The first-order valence-electron chi connectivity index (χ1n) is 7.01. The van der Waals surface area contributed by atoms with Gasteiger partial charge in [0.15, 0.2) is 0 Å². The Morgan fingerprint density at radius 3 is 2.90 bits per heavy atom. The molecule has 1 aromatic carbocycles. The van der Waals surface area contributed by atoms with Crippen molar-refractivity contribution in [2.75, 3.05) is 13.1 Å². The minimum absolute atomic E-state index is 0.0692. The third-order valence-corrected chi connectivity index (χ3v) is 5.17. The number of carbonyl (C=O) groups excluding carboxylic acids is 2. The Balaban J connectivity index is 1.69. The van der Waals surface area contributed by atoms with Crippen LogP contribution in [0.4, 0.5) is 0 Å². The molecule has 0 aliphatic carbocycles. The highest BCUT2D eigenvalue weighted by atomic mass is 32.2. The zero-order valence-electron chi connectivity index (χ0n) is 11.5. The molecular formula is C15H18N2O2S. The number of thioether (sulfide) groups is 1. The van der Waals surface area contributed by atoms with Gasteiger partial charge in [-0.15, -0.1) is 11.8 Å². The number of rotatable bonds is 3. The van der Waals surface area contributed by atoms with Gasteiger partial charge in [-0.05, 0) is 24.5 Å². The molecule has 20 heavy (non-hydrogen) atoms. The van der Waals surface area contributed by atoms with Crippen molar-refractivity contribution in [1.82, 2.24) is 10.2 Å². The lowest BCUT2D eigenvalue weighted by Crippen LogP contribution is -2.59. The zero-order valence-corrected chi connectivity index (χ0v) is 12.3. The molecule has 2 atom stereocenters. The lowest BCUT2D eigenvalue weighted by Gasteiger charge is -2.32. The largest absolute Gasteiger partial charge is 0.297 e. The molecule has 0 radical (unpaired) electrons. The molecule has 0 bridgehead atoms. The fourth-order valence-electron chi connectivity index (χ4n) is 2.77. The number of hydrogen-bond donors (Lipinski definition) is 1. The second-order valence-corrected chi connectivity index (χ2v) is 6.58. The molecule has 0 aromatic heterocycles. The van der Waals surface area contributed by atoms with Crippen LogP contribution >= 0.6 is 11.8 Å². The summed E-state index contributed by atoms with van der Waals surface area (Å²) in [6, 6.07) is 8.09. The van der Waals surface area contributed by atoms with Crippen molar-refractivity contribution in [3.63, 3.8) is 0 Å². The predicted octanol–water partition coefficient (Wildman–Crippen LogP) is 1.44. The van der Waals surface area contributed by atoms with Gasteiger partial charge in [0.05, 0.1) is 12.6 Å². The van der Waals surface area contributed by atoms with Gasteiger partial charge >= 0.3 is 0 Å². The van der Waals surface area contributed by atoms with Crippen molar-refractivity contribution in [2.24, 2.45) is 0 Å². The van der Waals surface area contributed by atoms with E-state index in [-0.39, 0.29) is 29.7 Å². The second-order valence-electron chi connectivity index (χ2n) is 5.24. The zero-order chi connectivity index (χ0) is 14.1. The highest BCUT2D eigenvalue weighted by Crippen LogP contribution is 2.37. The lowest BCUT2D eigenvalue weighted by molar-refractivity contribution is -0.149. The third kappa shape index (κ3) is 2.47. The van der Waals surface area contributed by atoms with E-state index in [0.717, 1.165) is 12.8 Å². The molecule has 3 rings (SSSR count). The standard InChI is InChI=1S/C15H18N2O2S/c1-2-12-15(19)17(14(18)8-16-12)9-11-7-10-5-3-4-6-13(10)20-11/h3-6,11-12,16H,2,7-9H2,1H3. The Morgan fingerprint density at radius 2 is 2.15 bits per heavy atom. The van der Waals surface area contributed by atoms with Crippen molar-refractivity contribution < 1.29 is 9.59 Å². The van der Waals surface area contributed by atoms with Crippen LogP contribution in [-0.4, -0.2) is 41.1 Å². The molecule has 1 aromatic rings. The Kier molecular flexibility index (Phi) is 3.81. The number of imide groups is 1. The highest BCUT2D eigenvalue weighted by molar-refractivity contribution is 8.00. The van der Waals surface area contributed by atoms with Gasteiger partial charge in [-0.3, -0.25) is 19.8 Å². The number of nitrogens with zero attached hydrogens (tertiary/aromatic N) is 1. The number of benzene rings is 1. The van der Waals surface area contributed by atoms with Crippen LogP contribution in [0.25, 0.3) is 0 Å². The van der Waals surface area contributed by atoms with Gasteiger partial charge in [0.1, 0.15) is 0 Å².